The molecule has 1 rings (SSSR count). The van der Waals surface area contributed by atoms with Gasteiger partial charge in [-0.15, -0.1) is 0 Å². The lowest BCUT2D eigenvalue weighted by molar-refractivity contribution is -0.168. The third-order valence-corrected chi connectivity index (χ3v) is 8.03. The molecule has 0 aromatic carbocycles. The molecule has 1 heterocycles. The number of esters is 1. The average molecular weight is 655 g/mol. The summed E-state index contributed by atoms with van der Waals surface area (Å²) in [6.45, 7) is 5.18. The molecule has 46 heavy (non-hydrogen) atoms. The molecule has 0 fully saturated rings. The van der Waals surface area contributed by atoms with Crippen molar-refractivity contribution < 1.29 is 55.5 Å². The van der Waals surface area contributed by atoms with Crippen LogP contribution in [0, 0.1) is 5.92 Å². The van der Waals surface area contributed by atoms with Crippen molar-refractivity contribution in [3.63, 3.8) is 0 Å². The zero-order valence-corrected chi connectivity index (χ0v) is 27.5. The number of ether oxygens (including phenoxy) is 1. The zero-order chi connectivity index (χ0) is 34.6. The molecule has 1 unspecified atom stereocenters. The molecule has 0 bridgehead atoms. The van der Waals surface area contributed by atoms with E-state index < -0.39 is 72.9 Å². The van der Waals surface area contributed by atoms with E-state index in [9.17, 15) is 50.8 Å². The number of hydrogen-bond donors (Lipinski definition) is 9. The van der Waals surface area contributed by atoms with E-state index in [-0.39, 0.29) is 44.9 Å². The minimum Gasteiger partial charge on any atom is -0.459 e. The second-order valence-electron chi connectivity index (χ2n) is 12.4. The highest BCUT2D eigenvalue weighted by atomic mass is 16.6. The number of aliphatic hydroxyl groups is 9. The molecule has 0 spiro atoms. The summed E-state index contributed by atoms with van der Waals surface area (Å²) < 4.78 is 5.42. The van der Waals surface area contributed by atoms with Crippen LogP contribution in [0.25, 0.3) is 0 Å². The van der Waals surface area contributed by atoms with Crippen molar-refractivity contribution in [1.29, 1.82) is 0 Å². The summed E-state index contributed by atoms with van der Waals surface area (Å²) in [6.07, 6.45) is 4.69. The van der Waals surface area contributed by atoms with Gasteiger partial charge in [0.2, 0.25) is 0 Å². The summed E-state index contributed by atoms with van der Waals surface area (Å²) in [5.74, 6) is -2.33. The molecule has 0 aromatic heterocycles. The molecule has 0 saturated heterocycles. The standard InChI is InChI=1S/C35H58O11/c1-4-5-11-16-31(42)34-33(44)22-29(40)20-27(38)18-25(36)17-26(37)19-28(39)21-32(43)23(2)14-12-9-7-6-8-10-13-15-30(41)24(3)46-35(34)45/h6-10,12-15,24-34,36-44H,4-5,11,16-22H2,1-3H3/b7-6+,10-8+,12-9+,15-13+,23-14+/t24-,25+,26-,27+,28-,29+,30+,31-,32+,33+,34?/m1/s1. The van der Waals surface area contributed by atoms with Gasteiger partial charge in [0.1, 0.15) is 18.1 Å². The van der Waals surface area contributed by atoms with Crippen LogP contribution < -0.4 is 0 Å². The Morgan fingerprint density at radius 3 is 1.74 bits per heavy atom. The van der Waals surface area contributed by atoms with Crippen molar-refractivity contribution in [1.82, 2.24) is 0 Å². The van der Waals surface area contributed by atoms with Crippen LogP contribution in [0.3, 0.4) is 0 Å². The van der Waals surface area contributed by atoms with E-state index in [1.54, 1.807) is 55.5 Å². The van der Waals surface area contributed by atoms with E-state index in [0.29, 0.717) is 12.0 Å². The second-order valence-corrected chi connectivity index (χ2v) is 12.4. The van der Waals surface area contributed by atoms with Gasteiger partial charge < -0.3 is 50.7 Å². The van der Waals surface area contributed by atoms with Gasteiger partial charge in [0.05, 0.1) is 48.8 Å². The minimum atomic E-state index is -1.52. The normalized spacial score (nSPS) is 38.6. The maximum Gasteiger partial charge on any atom is 0.314 e. The molecule has 9 N–H and O–H groups in total. The molecule has 11 heteroatoms. The quantitative estimate of drug-likeness (QED) is 0.154. The Morgan fingerprint density at radius 2 is 1.20 bits per heavy atom. The maximum absolute atomic E-state index is 13.1. The SMILES string of the molecule is CCCCC[C@@H](O)C1C(=O)O[C@H](C)[C@@H](O)/C=C/C=C/C=C/C=C/C=C(\C)[C@@H](O)C[C@H](O)C[C@H](O)C[C@H](O)C[C@H](O)C[C@H](O)C[C@@H]1O. The van der Waals surface area contributed by atoms with Crippen molar-refractivity contribution in [2.45, 2.75) is 146 Å². The number of cyclic esters (lactones) is 1. The van der Waals surface area contributed by atoms with Crippen LogP contribution in [0.15, 0.2) is 60.3 Å². The van der Waals surface area contributed by atoms with Crippen molar-refractivity contribution in [2.75, 3.05) is 0 Å². The Bertz CT molecular complexity index is 991. The first-order valence-electron chi connectivity index (χ1n) is 16.4. The third-order valence-electron chi connectivity index (χ3n) is 8.03. The smallest absolute Gasteiger partial charge is 0.314 e. The zero-order valence-electron chi connectivity index (χ0n) is 27.5. The van der Waals surface area contributed by atoms with E-state index in [4.69, 9.17) is 4.74 Å². The highest BCUT2D eigenvalue weighted by molar-refractivity contribution is 5.74. The molecule has 0 amide bonds. The van der Waals surface area contributed by atoms with E-state index >= 15 is 0 Å². The Labute approximate surface area is 273 Å². The first-order valence-corrected chi connectivity index (χ1v) is 16.4. The fourth-order valence-electron chi connectivity index (χ4n) is 5.27. The first kappa shape index (κ1) is 41.8. The predicted octanol–water partition coefficient (Wildman–Crippen LogP) is 1.89. The van der Waals surface area contributed by atoms with Crippen LogP contribution in [-0.4, -0.2) is 113 Å². The molecule has 1 aliphatic rings. The summed E-state index contributed by atoms with van der Waals surface area (Å²) in [6, 6.07) is 0. The lowest BCUT2D eigenvalue weighted by atomic mass is 9.87. The number of rotatable bonds is 5. The summed E-state index contributed by atoms with van der Waals surface area (Å²) in [5.41, 5.74) is 0.609. The van der Waals surface area contributed by atoms with Gasteiger partial charge in [0.25, 0.3) is 0 Å². The molecular weight excluding hydrogens is 596 g/mol. The minimum absolute atomic E-state index is 0.0162. The van der Waals surface area contributed by atoms with Crippen molar-refractivity contribution in [3.05, 3.63) is 60.3 Å². The average Bonchev–Trinajstić information content (AvgIpc) is 2.94. The topological polar surface area (TPSA) is 208 Å². The van der Waals surface area contributed by atoms with Crippen LogP contribution in [0.1, 0.15) is 85.0 Å². The molecule has 11 atom stereocenters. The summed E-state index contributed by atoms with van der Waals surface area (Å²) in [5, 5.41) is 94.8. The molecule has 1 aliphatic heterocycles. The second kappa shape index (κ2) is 23.2. The van der Waals surface area contributed by atoms with Gasteiger partial charge >= 0.3 is 5.97 Å². The predicted molar refractivity (Wildman–Crippen MR) is 175 cm³/mol. The number of aliphatic hydroxyl groups excluding tert-OH is 9. The number of allylic oxidation sites excluding steroid dienone is 8. The number of unbranched alkanes of at least 4 members (excludes halogenated alkanes) is 2. The fraction of sp³-hybridized carbons (Fsp3) is 0.686. The van der Waals surface area contributed by atoms with Gasteiger partial charge in [-0.3, -0.25) is 4.79 Å². The van der Waals surface area contributed by atoms with E-state index in [1.807, 2.05) is 6.92 Å². The summed E-state index contributed by atoms with van der Waals surface area (Å²) in [4.78, 5) is 13.1. The number of carbonyl (C=O) groups is 1. The van der Waals surface area contributed by atoms with E-state index in [1.165, 1.54) is 13.0 Å². The fourth-order valence-corrected chi connectivity index (χ4v) is 5.27. The van der Waals surface area contributed by atoms with Gasteiger partial charge in [-0.05, 0) is 51.5 Å². The number of carbonyl (C=O) groups excluding carboxylic acids is 1. The first-order chi connectivity index (χ1) is 21.7. The maximum atomic E-state index is 13.1. The largest absolute Gasteiger partial charge is 0.459 e. The summed E-state index contributed by atoms with van der Waals surface area (Å²) in [7, 11) is 0. The molecule has 11 nitrogen and oxygen atoms in total. The Hall–Kier alpha value is -2.19. The van der Waals surface area contributed by atoms with E-state index in [2.05, 4.69) is 0 Å². The van der Waals surface area contributed by atoms with Gasteiger partial charge in [-0.2, -0.15) is 0 Å². The van der Waals surface area contributed by atoms with Gasteiger partial charge in [-0.25, -0.2) is 0 Å². The van der Waals surface area contributed by atoms with Gasteiger partial charge in [-0.1, -0.05) is 80.9 Å². The molecule has 0 radical (unpaired) electrons. The highest BCUT2D eigenvalue weighted by Gasteiger charge is 2.37. The monoisotopic (exact) mass is 654 g/mol. The Morgan fingerprint density at radius 1 is 0.717 bits per heavy atom. The van der Waals surface area contributed by atoms with E-state index in [0.717, 1.165) is 12.8 Å². The third kappa shape index (κ3) is 17.7. The Kier molecular flexibility index (Phi) is 21.1. The Balaban J connectivity index is 3.14. The molecule has 0 aromatic rings. The number of hydrogen-bond acceptors (Lipinski definition) is 11. The van der Waals surface area contributed by atoms with Crippen LogP contribution in [0.2, 0.25) is 0 Å². The summed E-state index contributed by atoms with van der Waals surface area (Å²) >= 11 is 0. The molecular formula is C35H58O11. The van der Waals surface area contributed by atoms with Crippen LogP contribution in [0.4, 0.5) is 0 Å². The lowest BCUT2D eigenvalue weighted by Crippen LogP contribution is -2.43. The molecule has 0 saturated carbocycles. The molecule has 0 aliphatic carbocycles. The van der Waals surface area contributed by atoms with Gasteiger partial charge in [0, 0.05) is 12.8 Å². The lowest BCUT2D eigenvalue weighted by Gasteiger charge is -2.29. The van der Waals surface area contributed by atoms with Crippen molar-refractivity contribution in [2.24, 2.45) is 5.92 Å². The van der Waals surface area contributed by atoms with Crippen LogP contribution in [-0.2, 0) is 9.53 Å². The van der Waals surface area contributed by atoms with Crippen LogP contribution >= 0.6 is 0 Å². The van der Waals surface area contributed by atoms with Crippen molar-refractivity contribution >= 4 is 5.97 Å². The van der Waals surface area contributed by atoms with Gasteiger partial charge in [0.15, 0.2) is 0 Å². The molecule has 264 valence electrons. The highest BCUT2D eigenvalue weighted by Crippen LogP contribution is 2.24. The van der Waals surface area contributed by atoms with Crippen molar-refractivity contribution in [3.8, 4) is 0 Å². The van der Waals surface area contributed by atoms with Crippen LogP contribution in [0.5, 0.6) is 0 Å².